The fourth-order valence-electron chi connectivity index (χ4n) is 3.94. The molecular formula is C22H29N5O2. The van der Waals surface area contributed by atoms with E-state index in [1.54, 1.807) is 0 Å². The number of hydrogen-bond donors (Lipinski definition) is 1. The number of benzene rings is 1. The van der Waals surface area contributed by atoms with Crippen molar-refractivity contribution < 1.29 is 9.53 Å². The maximum Gasteiger partial charge on any atom is 0.220 e. The molecular weight excluding hydrogens is 366 g/mol. The molecule has 1 aliphatic heterocycles. The predicted octanol–water partition coefficient (Wildman–Crippen LogP) is 3.30. The molecule has 7 nitrogen and oxygen atoms in total. The van der Waals surface area contributed by atoms with Gasteiger partial charge in [0.1, 0.15) is 11.9 Å². The van der Waals surface area contributed by atoms with Gasteiger partial charge in [0.15, 0.2) is 0 Å². The number of carbonyl (C=O) groups is 1. The number of aromatic nitrogens is 4. The van der Waals surface area contributed by atoms with E-state index in [0.29, 0.717) is 18.9 Å². The van der Waals surface area contributed by atoms with Crippen molar-refractivity contribution in [3.63, 3.8) is 0 Å². The minimum Gasteiger partial charge on any atom is -0.490 e. The Bertz CT molecular complexity index is 1050. The summed E-state index contributed by atoms with van der Waals surface area (Å²) < 4.78 is 10.3. The summed E-state index contributed by atoms with van der Waals surface area (Å²) in [4.78, 5) is 11.6. The Kier molecular flexibility index (Phi) is 5.06. The quantitative estimate of drug-likeness (QED) is 0.695. The molecule has 4 rings (SSSR count). The Balaban J connectivity index is 1.71. The Labute approximate surface area is 171 Å². The van der Waals surface area contributed by atoms with Crippen molar-refractivity contribution in [2.24, 2.45) is 18.9 Å². The maximum atomic E-state index is 11.6. The summed E-state index contributed by atoms with van der Waals surface area (Å²) in [6.07, 6.45) is 4.41. The lowest BCUT2D eigenvalue weighted by Crippen LogP contribution is -2.25. The van der Waals surface area contributed by atoms with Crippen molar-refractivity contribution in [2.45, 2.75) is 46.8 Å². The molecule has 0 aliphatic carbocycles. The van der Waals surface area contributed by atoms with Gasteiger partial charge in [0, 0.05) is 49.9 Å². The van der Waals surface area contributed by atoms with E-state index < -0.39 is 0 Å². The van der Waals surface area contributed by atoms with Crippen LogP contribution in [-0.2, 0) is 18.4 Å². The molecule has 0 bridgehead atoms. The molecule has 3 aromatic rings. The average molecular weight is 396 g/mol. The molecule has 1 fully saturated rings. The highest BCUT2D eigenvalue weighted by Crippen LogP contribution is 2.35. The standard InChI is InChI=1S/C22H29N5O2/c1-13(2)11-27-12-18(10-24-27)16-6-19-22(14(3)26(5)25-19)20(7-16)29-15(4)17-8-21(28)23-9-17/h6-7,10,12-13,15,17H,8-9,11H2,1-5H3,(H,23,28). The molecule has 1 saturated heterocycles. The van der Waals surface area contributed by atoms with Crippen molar-refractivity contribution in [1.29, 1.82) is 0 Å². The zero-order valence-electron chi connectivity index (χ0n) is 17.8. The lowest BCUT2D eigenvalue weighted by molar-refractivity contribution is -0.119. The van der Waals surface area contributed by atoms with E-state index in [1.807, 2.05) is 36.5 Å². The van der Waals surface area contributed by atoms with Crippen LogP contribution in [0.25, 0.3) is 22.0 Å². The lowest BCUT2D eigenvalue weighted by Gasteiger charge is -2.20. The van der Waals surface area contributed by atoms with E-state index in [4.69, 9.17) is 4.74 Å². The summed E-state index contributed by atoms with van der Waals surface area (Å²) >= 11 is 0. The molecule has 1 N–H and O–H groups in total. The van der Waals surface area contributed by atoms with Crippen LogP contribution >= 0.6 is 0 Å². The molecule has 2 atom stereocenters. The fourth-order valence-corrected chi connectivity index (χ4v) is 3.94. The van der Waals surface area contributed by atoms with Gasteiger partial charge in [-0.3, -0.25) is 14.2 Å². The zero-order valence-corrected chi connectivity index (χ0v) is 17.8. The molecule has 2 unspecified atom stereocenters. The van der Waals surface area contributed by atoms with Gasteiger partial charge in [-0.2, -0.15) is 10.2 Å². The molecule has 1 amide bonds. The van der Waals surface area contributed by atoms with Gasteiger partial charge in [0.05, 0.1) is 17.1 Å². The summed E-state index contributed by atoms with van der Waals surface area (Å²) in [7, 11) is 1.95. The van der Waals surface area contributed by atoms with E-state index in [-0.39, 0.29) is 17.9 Å². The van der Waals surface area contributed by atoms with Gasteiger partial charge in [0.25, 0.3) is 0 Å². The van der Waals surface area contributed by atoms with Crippen molar-refractivity contribution in [3.8, 4) is 16.9 Å². The zero-order chi connectivity index (χ0) is 20.7. The highest BCUT2D eigenvalue weighted by atomic mass is 16.5. The highest BCUT2D eigenvalue weighted by molar-refractivity contribution is 5.92. The number of nitrogens with zero attached hydrogens (tertiary/aromatic N) is 4. The van der Waals surface area contributed by atoms with Crippen LogP contribution in [0.1, 0.15) is 32.9 Å². The van der Waals surface area contributed by atoms with Crippen LogP contribution < -0.4 is 10.1 Å². The SMILES string of the molecule is Cc1c2c(OC(C)C3CNC(=O)C3)cc(-c3cnn(CC(C)C)c3)cc2nn1C. The smallest absolute Gasteiger partial charge is 0.220 e. The summed E-state index contributed by atoms with van der Waals surface area (Å²) in [5.74, 6) is 1.61. The molecule has 1 aromatic carbocycles. The molecule has 0 saturated carbocycles. The van der Waals surface area contributed by atoms with Gasteiger partial charge in [-0.15, -0.1) is 0 Å². The molecule has 3 heterocycles. The van der Waals surface area contributed by atoms with Crippen LogP contribution in [0.3, 0.4) is 0 Å². The van der Waals surface area contributed by atoms with E-state index in [1.165, 1.54) is 0 Å². The van der Waals surface area contributed by atoms with Gasteiger partial charge in [-0.05, 0) is 37.5 Å². The van der Waals surface area contributed by atoms with Crippen LogP contribution in [0.15, 0.2) is 24.5 Å². The lowest BCUT2D eigenvalue weighted by atomic mass is 10.0. The molecule has 7 heteroatoms. The van der Waals surface area contributed by atoms with E-state index >= 15 is 0 Å². The number of hydrogen-bond acceptors (Lipinski definition) is 4. The largest absolute Gasteiger partial charge is 0.490 e. The minimum absolute atomic E-state index is 0.0735. The van der Waals surface area contributed by atoms with Crippen molar-refractivity contribution >= 4 is 16.8 Å². The molecule has 2 aromatic heterocycles. The van der Waals surface area contributed by atoms with Crippen LogP contribution in [-0.4, -0.2) is 38.1 Å². The number of amides is 1. The van der Waals surface area contributed by atoms with Crippen molar-refractivity contribution in [1.82, 2.24) is 24.9 Å². The van der Waals surface area contributed by atoms with Gasteiger partial charge in [-0.25, -0.2) is 0 Å². The Morgan fingerprint density at radius 3 is 2.76 bits per heavy atom. The topological polar surface area (TPSA) is 74.0 Å². The first-order valence-corrected chi connectivity index (χ1v) is 10.3. The first-order chi connectivity index (χ1) is 13.8. The second kappa shape index (κ2) is 7.54. The molecule has 154 valence electrons. The summed E-state index contributed by atoms with van der Waals surface area (Å²) in [6, 6.07) is 4.17. The number of aryl methyl sites for hydroxylation is 2. The second-order valence-corrected chi connectivity index (χ2v) is 8.51. The predicted molar refractivity (Wildman–Crippen MR) is 113 cm³/mol. The second-order valence-electron chi connectivity index (χ2n) is 8.51. The molecule has 1 aliphatic rings. The first kappa shape index (κ1) is 19.5. The number of rotatable bonds is 6. The Morgan fingerprint density at radius 1 is 1.28 bits per heavy atom. The summed E-state index contributed by atoms with van der Waals surface area (Å²) in [5.41, 5.74) is 4.05. The van der Waals surface area contributed by atoms with Crippen molar-refractivity contribution in [2.75, 3.05) is 6.54 Å². The molecule has 29 heavy (non-hydrogen) atoms. The number of ether oxygens (including phenoxy) is 1. The van der Waals surface area contributed by atoms with Gasteiger partial charge in [0.2, 0.25) is 5.91 Å². The third-order valence-electron chi connectivity index (χ3n) is 5.69. The first-order valence-electron chi connectivity index (χ1n) is 10.3. The van der Waals surface area contributed by atoms with Crippen LogP contribution in [0.5, 0.6) is 5.75 Å². The number of nitrogens with one attached hydrogen (secondary N) is 1. The summed E-state index contributed by atoms with van der Waals surface area (Å²) in [6.45, 7) is 9.99. The summed E-state index contributed by atoms with van der Waals surface area (Å²) in [5, 5.41) is 13.1. The third-order valence-corrected chi connectivity index (χ3v) is 5.69. The van der Waals surface area contributed by atoms with Gasteiger partial charge < -0.3 is 10.1 Å². The number of carbonyl (C=O) groups excluding carboxylic acids is 1. The van der Waals surface area contributed by atoms with Crippen molar-refractivity contribution in [3.05, 3.63) is 30.2 Å². The Morgan fingerprint density at radius 2 is 2.07 bits per heavy atom. The highest BCUT2D eigenvalue weighted by Gasteiger charge is 2.28. The normalized spacial score (nSPS) is 17.9. The number of fused-ring (bicyclic) bond motifs is 1. The van der Waals surface area contributed by atoms with Gasteiger partial charge >= 0.3 is 0 Å². The minimum atomic E-state index is -0.0735. The van der Waals surface area contributed by atoms with Crippen LogP contribution in [0.2, 0.25) is 0 Å². The van der Waals surface area contributed by atoms with E-state index in [9.17, 15) is 4.79 Å². The van der Waals surface area contributed by atoms with Crippen LogP contribution in [0, 0.1) is 18.8 Å². The third kappa shape index (κ3) is 3.86. The van der Waals surface area contributed by atoms with E-state index in [2.05, 4.69) is 47.7 Å². The monoisotopic (exact) mass is 395 g/mol. The van der Waals surface area contributed by atoms with Crippen LogP contribution in [0.4, 0.5) is 0 Å². The molecule has 0 spiro atoms. The van der Waals surface area contributed by atoms with E-state index in [0.717, 1.165) is 40.0 Å². The maximum absolute atomic E-state index is 11.6. The Hall–Kier alpha value is -2.83. The average Bonchev–Trinajstić information content (AvgIpc) is 3.35. The molecule has 0 radical (unpaired) electrons. The fraction of sp³-hybridized carbons (Fsp3) is 0.500. The van der Waals surface area contributed by atoms with Gasteiger partial charge in [-0.1, -0.05) is 13.8 Å².